The van der Waals surface area contributed by atoms with Crippen LogP contribution in [0.15, 0.2) is 12.2 Å². The fourth-order valence-corrected chi connectivity index (χ4v) is 8.67. The second kappa shape index (κ2) is 6.49. The van der Waals surface area contributed by atoms with Crippen molar-refractivity contribution >= 4 is 5.71 Å². The molecular weight excluding hydrogens is 314 g/mol. The molecule has 0 radical (unpaired) electrons. The van der Waals surface area contributed by atoms with Gasteiger partial charge in [0, 0.05) is 5.71 Å². The quantitative estimate of drug-likeness (QED) is 0.406. The van der Waals surface area contributed by atoms with Gasteiger partial charge >= 0.3 is 0 Å². The van der Waals surface area contributed by atoms with Gasteiger partial charge < -0.3 is 5.41 Å². The van der Waals surface area contributed by atoms with E-state index in [4.69, 9.17) is 5.41 Å². The SMILES string of the molecule is C=C(C)[C@H]1CC[C@H]2[C@@H]3CC[C@H]4CC(C(=N)CC)CC[C@]4(C)[C@H]3CC[C@]12C. The second-order valence-corrected chi connectivity index (χ2v) is 11.0. The predicted octanol–water partition coefficient (Wildman–Crippen LogP) is 7.27. The van der Waals surface area contributed by atoms with Crippen molar-refractivity contribution in [1.82, 2.24) is 0 Å². The molecule has 0 spiro atoms. The smallest absolute Gasteiger partial charge is 0.0117 e. The van der Waals surface area contributed by atoms with Gasteiger partial charge in [-0.1, -0.05) is 32.9 Å². The molecule has 1 N–H and O–H groups in total. The van der Waals surface area contributed by atoms with Crippen molar-refractivity contribution in [2.75, 3.05) is 0 Å². The standard InChI is InChI=1S/C25H41N/c1-6-23(26)17-11-13-24(4)18(15-17)7-8-19-21-10-9-20(16(2)3)25(21,5)14-12-22(19)24/h17-22,26H,2,6-15H2,1,3-5H3/t17?,18-,19-,20+,21-,22-,24-,25+/m0/s1. The van der Waals surface area contributed by atoms with Crippen LogP contribution in [-0.2, 0) is 0 Å². The molecule has 0 aliphatic heterocycles. The summed E-state index contributed by atoms with van der Waals surface area (Å²) in [6.45, 7) is 14.1. The van der Waals surface area contributed by atoms with Crippen LogP contribution in [0.25, 0.3) is 0 Å². The van der Waals surface area contributed by atoms with Crippen LogP contribution in [0.3, 0.4) is 0 Å². The Hall–Kier alpha value is -0.590. The van der Waals surface area contributed by atoms with Crippen molar-refractivity contribution in [3.05, 3.63) is 12.2 Å². The van der Waals surface area contributed by atoms with Gasteiger partial charge in [-0.05, 0) is 117 Å². The Morgan fingerprint density at radius 1 is 0.962 bits per heavy atom. The van der Waals surface area contributed by atoms with E-state index in [2.05, 4.69) is 34.3 Å². The van der Waals surface area contributed by atoms with E-state index >= 15 is 0 Å². The highest BCUT2D eigenvalue weighted by molar-refractivity contribution is 5.83. The van der Waals surface area contributed by atoms with Crippen LogP contribution >= 0.6 is 0 Å². The Morgan fingerprint density at radius 3 is 2.35 bits per heavy atom. The van der Waals surface area contributed by atoms with Gasteiger partial charge in [0.25, 0.3) is 0 Å². The normalized spacial score (nSPS) is 50.5. The summed E-state index contributed by atoms with van der Waals surface area (Å²) in [4.78, 5) is 0. The number of rotatable bonds is 3. The Kier molecular flexibility index (Phi) is 4.68. The molecule has 26 heavy (non-hydrogen) atoms. The van der Waals surface area contributed by atoms with Gasteiger partial charge in [-0.25, -0.2) is 0 Å². The molecule has 0 amide bonds. The molecule has 1 nitrogen and oxygen atoms in total. The maximum atomic E-state index is 8.36. The van der Waals surface area contributed by atoms with Crippen LogP contribution in [-0.4, -0.2) is 5.71 Å². The minimum absolute atomic E-state index is 0.539. The average molecular weight is 356 g/mol. The highest BCUT2D eigenvalue weighted by atomic mass is 14.6. The maximum absolute atomic E-state index is 8.36. The van der Waals surface area contributed by atoms with Gasteiger partial charge in [-0.2, -0.15) is 0 Å². The van der Waals surface area contributed by atoms with Crippen molar-refractivity contribution in [1.29, 1.82) is 5.41 Å². The molecule has 4 aliphatic carbocycles. The first-order valence-electron chi connectivity index (χ1n) is 11.5. The lowest BCUT2D eigenvalue weighted by Gasteiger charge is -2.61. The molecule has 0 aromatic heterocycles. The van der Waals surface area contributed by atoms with E-state index in [1.165, 1.54) is 63.4 Å². The molecule has 1 unspecified atom stereocenters. The van der Waals surface area contributed by atoms with E-state index in [0.29, 0.717) is 16.7 Å². The fourth-order valence-electron chi connectivity index (χ4n) is 8.67. The highest BCUT2D eigenvalue weighted by Crippen LogP contribution is 2.68. The van der Waals surface area contributed by atoms with Crippen LogP contribution in [0, 0.1) is 51.7 Å². The molecule has 0 heterocycles. The molecule has 0 aromatic carbocycles. The van der Waals surface area contributed by atoms with E-state index < -0.39 is 0 Å². The summed E-state index contributed by atoms with van der Waals surface area (Å²) in [6, 6.07) is 0. The molecule has 0 saturated heterocycles. The Bertz CT molecular complexity index is 591. The van der Waals surface area contributed by atoms with Crippen LogP contribution in [0.2, 0.25) is 0 Å². The third-order valence-corrected chi connectivity index (χ3v) is 10.1. The molecule has 1 heteroatoms. The lowest BCUT2D eigenvalue weighted by atomic mass is 9.44. The van der Waals surface area contributed by atoms with Crippen LogP contribution in [0.5, 0.6) is 0 Å². The minimum atomic E-state index is 0.539. The van der Waals surface area contributed by atoms with E-state index in [1.807, 2.05) is 0 Å². The summed E-state index contributed by atoms with van der Waals surface area (Å²) >= 11 is 0. The Labute approximate surface area is 161 Å². The number of nitrogens with one attached hydrogen (secondary N) is 1. The van der Waals surface area contributed by atoms with E-state index in [-0.39, 0.29) is 0 Å². The summed E-state index contributed by atoms with van der Waals surface area (Å²) in [7, 11) is 0. The minimum Gasteiger partial charge on any atom is -0.309 e. The number of hydrogen-bond donors (Lipinski definition) is 1. The van der Waals surface area contributed by atoms with Crippen molar-refractivity contribution in [2.45, 2.75) is 91.9 Å². The van der Waals surface area contributed by atoms with Crippen molar-refractivity contribution in [3.63, 3.8) is 0 Å². The molecule has 8 atom stereocenters. The average Bonchev–Trinajstić information content (AvgIpc) is 2.97. The summed E-state index contributed by atoms with van der Waals surface area (Å²) in [5, 5.41) is 8.36. The Morgan fingerprint density at radius 2 is 1.65 bits per heavy atom. The van der Waals surface area contributed by atoms with E-state index in [1.54, 1.807) is 0 Å². The largest absolute Gasteiger partial charge is 0.309 e. The first kappa shape index (κ1) is 18.8. The first-order chi connectivity index (χ1) is 12.3. The van der Waals surface area contributed by atoms with Gasteiger partial charge in [0.1, 0.15) is 0 Å². The first-order valence-corrected chi connectivity index (χ1v) is 11.5. The molecule has 0 aromatic rings. The monoisotopic (exact) mass is 355 g/mol. The van der Waals surface area contributed by atoms with Gasteiger partial charge in [-0.15, -0.1) is 0 Å². The maximum Gasteiger partial charge on any atom is 0.0117 e. The summed E-state index contributed by atoms with van der Waals surface area (Å²) in [5.41, 5.74) is 3.59. The van der Waals surface area contributed by atoms with Crippen LogP contribution < -0.4 is 0 Å². The fraction of sp³-hybridized carbons (Fsp3) is 0.880. The summed E-state index contributed by atoms with van der Waals surface area (Å²) in [6.07, 6.45) is 13.6. The lowest BCUT2D eigenvalue weighted by molar-refractivity contribution is -0.112. The zero-order valence-corrected chi connectivity index (χ0v) is 17.7. The number of hydrogen-bond acceptors (Lipinski definition) is 1. The molecule has 0 bridgehead atoms. The summed E-state index contributed by atoms with van der Waals surface area (Å²) < 4.78 is 0. The van der Waals surface area contributed by atoms with Gasteiger partial charge in [0.05, 0.1) is 0 Å². The van der Waals surface area contributed by atoms with E-state index in [0.717, 1.165) is 41.7 Å². The van der Waals surface area contributed by atoms with Crippen LogP contribution in [0.4, 0.5) is 0 Å². The molecule has 4 saturated carbocycles. The Balaban J connectivity index is 1.55. The third-order valence-electron chi connectivity index (χ3n) is 10.1. The molecule has 4 rings (SSSR count). The summed E-state index contributed by atoms with van der Waals surface area (Å²) in [5.74, 6) is 5.15. The molecule has 4 aliphatic rings. The van der Waals surface area contributed by atoms with Gasteiger partial charge in [0.2, 0.25) is 0 Å². The molecule has 4 fully saturated rings. The van der Waals surface area contributed by atoms with Gasteiger partial charge in [-0.3, -0.25) is 0 Å². The number of fused-ring (bicyclic) bond motifs is 5. The number of allylic oxidation sites excluding steroid dienone is 1. The van der Waals surface area contributed by atoms with Crippen molar-refractivity contribution in [3.8, 4) is 0 Å². The topological polar surface area (TPSA) is 23.9 Å². The second-order valence-electron chi connectivity index (χ2n) is 11.0. The zero-order chi connectivity index (χ0) is 18.7. The zero-order valence-electron chi connectivity index (χ0n) is 17.7. The van der Waals surface area contributed by atoms with E-state index in [9.17, 15) is 0 Å². The van der Waals surface area contributed by atoms with Crippen molar-refractivity contribution < 1.29 is 0 Å². The predicted molar refractivity (Wildman–Crippen MR) is 112 cm³/mol. The van der Waals surface area contributed by atoms with Crippen LogP contribution in [0.1, 0.15) is 91.9 Å². The molecular formula is C25H41N. The third kappa shape index (κ3) is 2.59. The van der Waals surface area contributed by atoms with Crippen molar-refractivity contribution in [2.24, 2.45) is 46.3 Å². The molecule has 146 valence electrons. The van der Waals surface area contributed by atoms with Gasteiger partial charge in [0.15, 0.2) is 0 Å². The lowest BCUT2D eigenvalue weighted by Crippen LogP contribution is -2.53. The highest BCUT2D eigenvalue weighted by Gasteiger charge is 2.60.